The van der Waals surface area contributed by atoms with E-state index in [9.17, 15) is 56.8 Å². The van der Waals surface area contributed by atoms with Gasteiger partial charge in [-0.15, -0.1) is 0 Å². The summed E-state index contributed by atoms with van der Waals surface area (Å²) < 4.78 is 98.3. The molecule has 0 amide bonds. The van der Waals surface area contributed by atoms with E-state index in [0.717, 1.165) is 308 Å². The summed E-state index contributed by atoms with van der Waals surface area (Å²) in [5, 5.41) is 0. The molecule has 0 N–H and O–H groups in total. The number of hydrogen-bond acceptors (Lipinski definition) is 18. The van der Waals surface area contributed by atoms with Crippen molar-refractivity contribution in [3.05, 3.63) is 0 Å². The predicted molar refractivity (Wildman–Crippen MR) is 400 cm³/mol. The Kier molecular flexibility index (Phi) is 97.9. The van der Waals surface area contributed by atoms with Gasteiger partial charge in [0.1, 0.15) is 45.6 Å². The van der Waals surface area contributed by atoms with Gasteiger partial charge in [-0.05, 0) is 77.0 Å². The smallest absolute Gasteiger partial charge is 0.778 e. The molecule has 0 aliphatic heterocycles. The molecule has 0 aromatic heterocycles. The Balaban J connectivity index is -0.000000200. The van der Waals surface area contributed by atoms with Gasteiger partial charge in [-0.25, -0.2) is 0 Å². The fourth-order valence-corrected chi connectivity index (χ4v) is 16.1. The van der Waals surface area contributed by atoms with E-state index in [-0.39, 0.29) is 58.0 Å². The number of hydrogen-bond donors (Lipinski definition) is 0. The summed E-state index contributed by atoms with van der Waals surface area (Å²) in [7, 11) is -21.2. The van der Waals surface area contributed by atoms with E-state index >= 15 is 0 Å². The summed E-state index contributed by atoms with van der Waals surface area (Å²) in [5.41, 5.74) is 0. The summed E-state index contributed by atoms with van der Waals surface area (Å²) >= 11 is 0. The Morgan fingerprint density at radius 3 is 0.351 bits per heavy atom. The SMILES string of the molecule is CCCCCCOP(=O)([O-])CCCCCC.CCCCCCOP(=O)([O-])CCCCCC.CCCCCCOP(=O)([O-])CCCCCC.CCCCCCOP(=O)([O-])CCCCCC.CCCCCCOP(=O)([O-])CCCCCC.CCCCCCOP(=O)([O-])CCCCCC.[Mo+6]. The maximum atomic E-state index is 11.4. The first kappa shape index (κ1) is 112. The molecule has 18 nitrogen and oxygen atoms in total. The molecule has 97 heavy (non-hydrogen) atoms. The van der Waals surface area contributed by atoms with Gasteiger partial charge < -0.3 is 83.9 Å². The summed E-state index contributed by atoms with van der Waals surface area (Å²) in [6.07, 6.45) is 50.4. The van der Waals surface area contributed by atoms with Crippen LogP contribution in [0.1, 0.15) is 391 Å². The monoisotopic (exact) mass is 1590 g/mol. The molecule has 6 atom stereocenters. The molecular formula is C72H156MoO18P6. The Bertz CT molecular complexity index is 1500. The van der Waals surface area contributed by atoms with Crippen molar-refractivity contribution in [2.45, 2.75) is 391 Å². The second-order valence-electron chi connectivity index (χ2n) is 25.7. The minimum atomic E-state index is -3.53. The molecule has 0 aromatic carbocycles. The van der Waals surface area contributed by atoms with Crippen LogP contribution in [0.5, 0.6) is 0 Å². The molecule has 0 rings (SSSR count). The molecular weight excluding hydrogens is 1430 g/mol. The van der Waals surface area contributed by atoms with Gasteiger partial charge in [-0.2, -0.15) is 0 Å². The molecule has 588 valence electrons. The molecule has 0 fully saturated rings. The van der Waals surface area contributed by atoms with Gasteiger partial charge in [0.15, 0.2) is 0 Å². The number of unbranched alkanes of at least 4 members (excludes halogenated alkanes) is 36. The van der Waals surface area contributed by atoms with Gasteiger partial charge in [0.2, 0.25) is 0 Å². The number of rotatable bonds is 66. The predicted octanol–water partition coefficient (Wildman–Crippen LogP) is 22.3. The molecule has 0 radical (unpaired) electrons. The van der Waals surface area contributed by atoms with Crippen molar-refractivity contribution in [2.75, 3.05) is 76.6 Å². The van der Waals surface area contributed by atoms with Crippen LogP contribution in [-0.2, 0) is 75.6 Å². The zero-order valence-corrected chi connectivity index (χ0v) is 72.2. The van der Waals surface area contributed by atoms with E-state index < -0.39 is 45.6 Å². The summed E-state index contributed by atoms with van der Waals surface area (Å²) in [6.45, 7) is 27.7. The van der Waals surface area contributed by atoms with Crippen LogP contribution < -0.4 is 29.4 Å². The van der Waals surface area contributed by atoms with Crippen molar-refractivity contribution in [3.8, 4) is 0 Å². The average Bonchev–Trinajstić information content (AvgIpc) is 2.93. The Morgan fingerprint density at radius 1 is 0.165 bits per heavy atom. The summed E-state index contributed by atoms with van der Waals surface area (Å²) in [4.78, 5) is 68.6. The third kappa shape index (κ3) is 106. The van der Waals surface area contributed by atoms with Crippen LogP contribution in [0.3, 0.4) is 0 Å². The first-order chi connectivity index (χ1) is 45.7. The largest absolute Gasteiger partial charge is 6.00 e. The second kappa shape index (κ2) is 84.8. The zero-order chi connectivity index (χ0) is 73.7. The van der Waals surface area contributed by atoms with Gasteiger partial charge >= 0.3 is 21.1 Å². The quantitative estimate of drug-likeness (QED) is 0.0310. The van der Waals surface area contributed by atoms with Crippen molar-refractivity contribution in [1.29, 1.82) is 0 Å². The van der Waals surface area contributed by atoms with E-state index in [1.54, 1.807) is 0 Å². The minimum absolute atomic E-state index is 0. The van der Waals surface area contributed by atoms with Crippen LogP contribution in [0.15, 0.2) is 0 Å². The molecule has 6 unspecified atom stereocenters. The second-order valence-corrected chi connectivity index (χ2v) is 37.3. The maximum absolute atomic E-state index is 11.4. The Labute approximate surface area is 614 Å². The molecule has 0 aliphatic carbocycles. The van der Waals surface area contributed by atoms with E-state index in [0.29, 0.717) is 39.6 Å². The molecule has 0 aliphatic rings. The molecule has 0 heterocycles. The fraction of sp³-hybridized carbons (Fsp3) is 1.00. The van der Waals surface area contributed by atoms with Crippen LogP contribution in [0.25, 0.3) is 0 Å². The van der Waals surface area contributed by atoms with Gasteiger partial charge in [0, 0.05) is 37.0 Å². The first-order valence-electron chi connectivity index (χ1n) is 39.4. The Hall–Kier alpha value is 1.59. The molecule has 0 spiro atoms. The third-order valence-electron chi connectivity index (χ3n) is 15.4. The molecule has 0 saturated heterocycles. The normalized spacial score (nSPS) is 14.8. The maximum Gasteiger partial charge on any atom is 6.00 e. The van der Waals surface area contributed by atoms with Crippen LogP contribution in [0, 0.1) is 0 Å². The van der Waals surface area contributed by atoms with Crippen LogP contribution in [0.4, 0.5) is 0 Å². The Morgan fingerprint density at radius 2 is 0.258 bits per heavy atom. The van der Waals surface area contributed by atoms with Crippen molar-refractivity contribution in [3.63, 3.8) is 0 Å². The van der Waals surface area contributed by atoms with Crippen molar-refractivity contribution < 1.29 is 105 Å². The van der Waals surface area contributed by atoms with Gasteiger partial charge in [0.25, 0.3) is 0 Å². The average molecular weight is 1590 g/mol. The molecule has 0 aromatic rings. The zero-order valence-electron chi connectivity index (χ0n) is 64.9. The topological polar surface area (TPSA) is 296 Å². The van der Waals surface area contributed by atoms with Crippen molar-refractivity contribution >= 4 is 45.6 Å². The van der Waals surface area contributed by atoms with Crippen LogP contribution in [-0.4, -0.2) is 76.6 Å². The van der Waals surface area contributed by atoms with Gasteiger partial charge in [-0.3, -0.25) is 0 Å². The summed E-state index contributed by atoms with van der Waals surface area (Å²) in [5.74, 6) is 0. The van der Waals surface area contributed by atoms with E-state index in [2.05, 4.69) is 83.1 Å². The molecule has 0 saturated carbocycles. The first-order valence-corrected chi connectivity index (χ1v) is 49.8. The van der Waals surface area contributed by atoms with Crippen LogP contribution in [0.2, 0.25) is 0 Å². The van der Waals surface area contributed by atoms with Crippen LogP contribution >= 0.6 is 45.6 Å². The van der Waals surface area contributed by atoms with Crippen molar-refractivity contribution in [1.82, 2.24) is 0 Å². The standard InChI is InChI=1S/6C12H27O3P.Mo/c6*1-3-5-7-9-11-15-16(13,14)12-10-8-6-4-2;/h6*3-12H2,1-2H3,(H,13,14);/q;;;;;;+6/p-6. The van der Waals surface area contributed by atoms with E-state index in [4.69, 9.17) is 27.1 Å². The van der Waals surface area contributed by atoms with Gasteiger partial charge in [-0.1, -0.05) is 314 Å². The molecule has 0 bridgehead atoms. The summed E-state index contributed by atoms with van der Waals surface area (Å²) in [6, 6.07) is 0. The minimum Gasteiger partial charge on any atom is -0.778 e. The van der Waals surface area contributed by atoms with Crippen molar-refractivity contribution in [2.24, 2.45) is 0 Å². The fourth-order valence-electron chi connectivity index (χ4n) is 9.18. The van der Waals surface area contributed by atoms with Gasteiger partial charge in [0.05, 0.1) is 39.6 Å². The molecule has 25 heteroatoms. The van der Waals surface area contributed by atoms with E-state index in [1.165, 1.54) is 0 Å². The van der Waals surface area contributed by atoms with E-state index in [1.807, 2.05) is 0 Å². The third-order valence-corrected chi connectivity index (χ3v) is 24.1.